The fraction of sp³-hybridized carbons (Fsp3) is 0.562. The average molecular weight is 289 g/mol. The third-order valence-corrected chi connectivity index (χ3v) is 4.59. The lowest BCUT2D eigenvalue weighted by molar-refractivity contribution is -0.157. The molecule has 5 heteroatoms. The maximum Gasteiger partial charge on any atom is 0.249 e. The maximum absolute atomic E-state index is 13.0. The summed E-state index contributed by atoms with van der Waals surface area (Å²) in [7, 11) is 0. The van der Waals surface area contributed by atoms with Gasteiger partial charge >= 0.3 is 0 Å². The van der Waals surface area contributed by atoms with E-state index in [0.717, 1.165) is 5.56 Å². The van der Waals surface area contributed by atoms with Crippen LogP contribution in [0.15, 0.2) is 24.5 Å². The van der Waals surface area contributed by atoms with E-state index in [0.29, 0.717) is 12.8 Å². The normalized spacial score (nSPS) is 22.9. The number of piperazine rings is 1. The second-order valence-corrected chi connectivity index (χ2v) is 5.63. The standard InChI is InChI=1S/C16H23N3O2/c1-5-16(6-2)15(21)19(12(4)14(20)18-16)11(3)13-8-7-9-17-10-13/h7-12H,5-6H2,1-4H3,(H,18,20). The van der Waals surface area contributed by atoms with Gasteiger partial charge in [-0.25, -0.2) is 0 Å². The largest absolute Gasteiger partial charge is 0.340 e. The lowest BCUT2D eigenvalue weighted by Crippen LogP contribution is -2.69. The quantitative estimate of drug-likeness (QED) is 0.922. The maximum atomic E-state index is 13.0. The summed E-state index contributed by atoms with van der Waals surface area (Å²) >= 11 is 0. The van der Waals surface area contributed by atoms with E-state index in [1.54, 1.807) is 24.2 Å². The molecule has 1 N–H and O–H groups in total. The minimum Gasteiger partial charge on any atom is -0.340 e. The van der Waals surface area contributed by atoms with Crippen LogP contribution in [0.25, 0.3) is 0 Å². The van der Waals surface area contributed by atoms with Crippen LogP contribution in [0.1, 0.15) is 52.1 Å². The monoisotopic (exact) mass is 289 g/mol. The van der Waals surface area contributed by atoms with E-state index in [1.807, 2.05) is 32.9 Å². The first-order valence-corrected chi connectivity index (χ1v) is 7.51. The number of carbonyl (C=O) groups is 2. The van der Waals surface area contributed by atoms with Gasteiger partial charge < -0.3 is 10.2 Å². The molecule has 1 saturated heterocycles. The van der Waals surface area contributed by atoms with Gasteiger partial charge in [-0.1, -0.05) is 19.9 Å². The molecule has 21 heavy (non-hydrogen) atoms. The molecule has 1 aromatic rings. The van der Waals surface area contributed by atoms with Crippen molar-refractivity contribution in [3.63, 3.8) is 0 Å². The number of pyridine rings is 1. The van der Waals surface area contributed by atoms with Crippen molar-refractivity contribution in [3.8, 4) is 0 Å². The molecule has 1 aromatic heterocycles. The van der Waals surface area contributed by atoms with E-state index in [2.05, 4.69) is 10.3 Å². The minimum absolute atomic E-state index is 0.00375. The smallest absolute Gasteiger partial charge is 0.249 e. The van der Waals surface area contributed by atoms with Gasteiger partial charge in [0.05, 0.1) is 6.04 Å². The Morgan fingerprint density at radius 2 is 2.05 bits per heavy atom. The van der Waals surface area contributed by atoms with Crippen molar-refractivity contribution in [1.29, 1.82) is 0 Å². The van der Waals surface area contributed by atoms with E-state index in [9.17, 15) is 9.59 Å². The Labute approximate surface area is 125 Å². The molecule has 1 aliphatic heterocycles. The second kappa shape index (κ2) is 5.84. The molecule has 1 fully saturated rings. The number of nitrogens with one attached hydrogen (secondary N) is 1. The molecule has 2 amide bonds. The molecule has 0 bridgehead atoms. The van der Waals surface area contributed by atoms with Gasteiger partial charge in [-0.3, -0.25) is 14.6 Å². The molecule has 2 atom stereocenters. The predicted molar refractivity (Wildman–Crippen MR) is 80.4 cm³/mol. The molecule has 0 spiro atoms. The molecule has 2 heterocycles. The van der Waals surface area contributed by atoms with Crippen LogP contribution in [0.2, 0.25) is 0 Å². The highest BCUT2D eigenvalue weighted by atomic mass is 16.2. The highest BCUT2D eigenvalue weighted by Crippen LogP contribution is 2.31. The third-order valence-electron chi connectivity index (χ3n) is 4.59. The molecule has 0 saturated carbocycles. The van der Waals surface area contributed by atoms with Gasteiger partial charge in [-0.2, -0.15) is 0 Å². The fourth-order valence-electron chi connectivity index (χ4n) is 2.97. The van der Waals surface area contributed by atoms with Crippen LogP contribution in [0.5, 0.6) is 0 Å². The van der Waals surface area contributed by atoms with Crippen molar-refractivity contribution in [2.24, 2.45) is 0 Å². The van der Waals surface area contributed by atoms with Crippen molar-refractivity contribution in [2.45, 2.75) is 58.2 Å². The molecule has 1 aliphatic rings. The molecular weight excluding hydrogens is 266 g/mol. The first-order valence-electron chi connectivity index (χ1n) is 7.51. The molecule has 0 aliphatic carbocycles. The SMILES string of the molecule is CCC1(CC)NC(=O)C(C)N(C(C)c2cccnc2)C1=O. The summed E-state index contributed by atoms with van der Waals surface area (Å²) in [4.78, 5) is 31.1. The summed E-state index contributed by atoms with van der Waals surface area (Å²) in [5, 5.41) is 2.92. The van der Waals surface area contributed by atoms with Gasteiger partial charge in [0.25, 0.3) is 0 Å². The molecule has 0 aromatic carbocycles. The van der Waals surface area contributed by atoms with Gasteiger partial charge in [0.15, 0.2) is 0 Å². The molecular formula is C16H23N3O2. The zero-order chi connectivity index (χ0) is 15.6. The van der Waals surface area contributed by atoms with Crippen molar-refractivity contribution < 1.29 is 9.59 Å². The Balaban J connectivity index is 2.40. The van der Waals surface area contributed by atoms with Crippen molar-refractivity contribution in [2.75, 3.05) is 0 Å². The number of aromatic nitrogens is 1. The number of hydrogen-bond acceptors (Lipinski definition) is 3. The molecule has 2 unspecified atom stereocenters. The van der Waals surface area contributed by atoms with Gasteiger partial charge in [-0.05, 0) is 38.3 Å². The van der Waals surface area contributed by atoms with Crippen LogP contribution in [-0.4, -0.2) is 33.3 Å². The van der Waals surface area contributed by atoms with Crippen molar-refractivity contribution >= 4 is 11.8 Å². The Morgan fingerprint density at radius 3 is 2.57 bits per heavy atom. The number of hydrogen-bond donors (Lipinski definition) is 1. The predicted octanol–water partition coefficient (Wildman–Crippen LogP) is 2.05. The first kappa shape index (κ1) is 15.5. The summed E-state index contributed by atoms with van der Waals surface area (Å²) in [6.45, 7) is 7.59. The summed E-state index contributed by atoms with van der Waals surface area (Å²) in [5.74, 6) is -0.0926. The second-order valence-electron chi connectivity index (χ2n) is 5.63. The van der Waals surface area contributed by atoms with Crippen LogP contribution in [0, 0.1) is 0 Å². The number of amides is 2. The zero-order valence-electron chi connectivity index (χ0n) is 13.1. The Bertz CT molecular complexity index is 526. The Morgan fingerprint density at radius 1 is 1.38 bits per heavy atom. The van der Waals surface area contributed by atoms with E-state index < -0.39 is 11.6 Å². The van der Waals surface area contributed by atoms with Crippen LogP contribution in [0.4, 0.5) is 0 Å². The topological polar surface area (TPSA) is 62.3 Å². The van der Waals surface area contributed by atoms with E-state index in [-0.39, 0.29) is 17.9 Å². The Kier molecular flexibility index (Phi) is 4.30. The average Bonchev–Trinajstić information content (AvgIpc) is 2.52. The van der Waals surface area contributed by atoms with Gasteiger partial charge in [0.1, 0.15) is 11.6 Å². The number of rotatable bonds is 4. The number of carbonyl (C=O) groups excluding carboxylic acids is 2. The lowest BCUT2D eigenvalue weighted by atomic mass is 9.86. The third kappa shape index (κ3) is 2.52. The molecule has 2 rings (SSSR count). The van der Waals surface area contributed by atoms with E-state index in [4.69, 9.17) is 0 Å². The minimum atomic E-state index is -0.778. The van der Waals surface area contributed by atoms with E-state index in [1.165, 1.54) is 0 Å². The highest BCUT2D eigenvalue weighted by molar-refractivity contribution is 5.99. The summed E-state index contributed by atoms with van der Waals surface area (Å²) in [6.07, 6.45) is 4.64. The van der Waals surface area contributed by atoms with Crippen LogP contribution >= 0.6 is 0 Å². The van der Waals surface area contributed by atoms with Gasteiger partial charge in [0, 0.05) is 12.4 Å². The summed E-state index contributed by atoms with van der Waals surface area (Å²) in [6, 6.07) is 3.13. The van der Waals surface area contributed by atoms with Gasteiger partial charge in [0.2, 0.25) is 11.8 Å². The Hall–Kier alpha value is -1.91. The number of nitrogens with zero attached hydrogens (tertiary/aromatic N) is 2. The van der Waals surface area contributed by atoms with E-state index >= 15 is 0 Å². The van der Waals surface area contributed by atoms with Crippen LogP contribution in [-0.2, 0) is 9.59 Å². The van der Waals surface area contributed by atoms with Gasteiger partial charge in [-0.15, -0.1) is 0 Å². The molecule has 114 valence electrons. The van der Waals surface area contributed by atoms with Crippen LogP contribution < -0.4 is 5.32 Å². The zero-order valence-corrected chi connectivity index (χ0v) is 13.1. The van der Waals surface area contributed by atoms with Crippen molar-refractivity contribution in [1.82, 2.24) is 15.2 Å². The first-order chi connectivity index (χ1) is 9.96. The van der Waals surface area contributed by atoms with Crippen LogP contribution in [0.3, 0.4) is 0 Å². The molecule has 0 radical (unpaired) electrons. The highest BCUT2D eigenvalue weighted by Gasteiger charge is 2.48. The van der Waals surface area contributed by atoms with Crippen molar-refractivity contribution in [3.05, 3.63) is 30.1 Å². The fourth-order valence-corrected chi connectivity index (χ4v) is 2.97. The summed E-state index contributed by atoms with van der Waals surface area (Å²) < 4.78 is 0. The summed E-state index contributed by atoms with van der Waals surface area (Å²) in [5.41, 5.74) is 0.161. The lowest BCUT2D eigenvalue weighted by Gasteiger charge is -2.47. The molecule has 5 nitrogen and oxygen atoms in total.